The van der Waals surface area contributed by atoms with Gasteiger partial charge in [-0.05, 0) is 31.2 Å². The van der Waals surface area contributed by atoms with Crippen molar-refractivity contribution < 1.29 is 8.42 Å². The standard InChI is InChI=1S/C16H16N6O2S/c1-11-5-3-7-13(20-11)21-14-9-15(19-10-18-14)22-16-12(25(2,23)24)6-4-8-17-16/h3-10H,1-2H3,(H2,17,18,19,20,21,22). The number of aryl methyl sites for hydroxylation is 1. The monoisotopic (exact) mass is 356 g/mol. The lowest BCUT2D eigenvalue weighted by Gasteiger charge is -2.10. The smallest absolute Gasteiger partial charge is 0.179 e. The molecule has 0 radical (unpaired) electrons. The molecule has 0 unspecified atom stereocenters. The molecule has 2 N–H and O–H groups in total. The first-order chi connectivity index (χ1) is 11.9. The quantitative estimate of drug-likeness (QED) is 0.717. The molecular formula is C16H16N6O2S. The molecule has 0 fully saturated rings. The van der Waals surface area contributed by atoms with E-state index in [9.17, 15) is 8.42 Å². The van der Waals surface area contributed by atoms with E-state index in [4.69, 9.17) is 0 Å². The van der Waals surface area contributed by atoms with Crippen molar-refractivity contribution in [3.05, 3.63) is 54.6 Å². The van der Waals surface area contributed by atoms with Crippen LogP contribution in [0.4, 0.5) is 23.3 Å². The Morgan fingerprint density at radius 3 is 2.40 bits per heavy atom. The molecule has 0 aromatic carbocycles. The van der Waals surface area contributed by atoms with Crippen molar-refractivity contribution in [1.82, 2.24) is 19.9 Å². The summed E-state index contributed by atoms with van der Waals surface area (Å²) < 4.78 is 23.7. The zero-order chi connectivity index (χ0) is 17.9. The van der Waals surface area contributed by atoms with E-state index in [1.807, 2.05) is 25.1 Å². The fourth-order valence-electron chi connectivity index (χ4n) is 2.14. The van der Waals surface area contributed by atoms with Crippen molar-refractivity contribution in [1.29, 1.82) is 0 Å². The van der Waals surface area contributed by atoms with E-state index in [-0.39, 0.29) is 10.7 Å². The molecule has 3 rings (SSSR count). The fraction of sp³-hybridized carbons (Fsp3) is 0.125. The van der Waals surface area contributed by atoms with E-state index in [1.54, 1.807) is 12.1 Å². The number of nitrogens with zero attached hydrogens (tertiary/aromatic N) is 4. The topological polar surface area (TPSA) is 110 Å². The minimum Gasteiger partial charge on any atom is -0.325 e. The number of anilines is 4. The van der Waals surface area contributed by atoms with Gasteiger partial charge in [0.15, 0.2) is 9.84 Å². The van der Waals surface area contributed by atoms with Crippen molar-refractivity contribution in [3.63, 3.8) is 0 Å². The van der Waals surface area contributed by atoms with Crippen LogP contribution >= 0.6 is 0 Å². The first-order valence-electron chi connectivity index (χ1n) is 7.37. The number of pyridine rings is 2. The van der Waals surface area contributed by atoms with Crippen molar-refractivity contribution >= 4 is 33.1 Å². The van der Waals surface area contributed by atoms with Gasteiger partial charge in [-0.2, -0.15) is 0 Å². The molecule has 0 aliphatic rings. The minimum atomic E-state index is -3.41. The molecule has 128 valence electrons. The summed E-state index contributed by atoms with van der Waals surface area (Å²) in [4.78, 5) is 16.8. The van der Waals surface area contributed by atoms with Gasteiger partial charge in [0, 0.05) is 24.2 Å². The molecule has 0 spiro atoms. The molecule has 3 heterocycles. The third-order valence-electron chi connectivity index (χ3n) is 3.23. The van der Waals surface area contributed by atoms with E-state index >= 15 is 0 Å². The average molecular weight is 356 g/mol. The SMILES string of the molecule is Cc1cccc(Nc2cc(Nc3ncccc3S(C)(=O)=O)ncn2)n1. The van der Waals surface area contributed by atoms with E-state index in [1.165, 1.54) is 18.6 Å². The van der Waals surface area contributed by atoms with Gasteiger partial charge < -0.3 is 10.6 Å². The van der Waals surface area contributed by atoms with Crippen LogP contribution in [0.15, 0.2) is 53.8 Å². The molecule has 0 aliphatic carbocycles. The molecule has 0 atom stereocenters. The Kier molecular flexibility index (Phi) is 4.57. The van der Waals surface area contributed by atoms with Crippen molar-refractivity contribution in [3.8, 4) is 0 Å². The number of nitrogens with one attached hydrogen (secondary N) is 2. The number of hydrogen-bond donors (Lipinski definition) is 2. The molecule has 0 bridgehead atoms. The Labute approximate surface area is 145 Å². The van der Waals surface area contributed by atoms with Gasteiger partial charge in [0.05, 0.1) is 0 Å². The Hall–Kier alpha value is -3.07. The Morgan fingerprint density at radius 2 is 1.68 bits per heavy atom. The van der Waals surface area contributed by atoms with E-state index in [0.29, 0.717) is 17.5 Å². The molecule has 25 heavy (non-hydrogen) atoms. The predicted octanol–water partition coefficient (Wildman–Crippen LogP) is 2.47. The summed E-state index contributed by atoms with van der Waals surface area (Å²) in [5.41, 5.74) is 0.878. The Bertz CT molecular complexity index is 1010. The van der Waals surface area contributed by atoms with Gasteiger partial charge in [0.25, 0.3) is 0 Å². The third kappa shape index (κ3) is 4.27. The molecule has 0 saturated heterocycles. The molecule has 0 amide bonds. The molecule has 3 aromatic rings. The highest BCUT2D eigenvalue weighted by Gasteiger charge is 2.14. The van der Waals surface area contributed by atoms with Crippen molar-refractivity contribution in [2.24, 2.45) is 0 Å². The highest BCUT2D eigenvalue weighted by Crippen LogP contribution is 2.22. The number of sulfone groups is 1. The van der Waals surface area contributed by atoms with E-state index < -0.39 is 9.84 Å². The van der Waals surface area contributed by atoms with Crippen LogP contribution in [0.3, 0.4) is 0 Å². The highest BCUT2D eigenvalue weighted by atomic mass is 32.2. The van der Waals surface area contributed by atoms with Crippen LogP contribution in [0, 0.1) is 6.92 Å². The summed E-state index contributed by atoms with van der Waals surface area (Å²) in [5.74, 6) is 1.80. The first-order valence-corrected chi connectivity index (χ1v) is 9.26. The molecule has 0 aliphatic heterocycles. The largest absolute Gasteiger partial charge is 0.325 e. The van der Waals surface area contributed by atoms with Crippen molar-refractivity contribution in [2.45, 2.75) is 11.8 Å². The summed E-state index contributed by atoms with van der Waals surface area (Å²) in [6.45, 7) is 1.89. The maximum absolute atomic E-state index is 11.9. The lowest BCUT2D eigenvalue weighted by atomic mass is 10.3. The second kappa shape index (κ2) is 6.81. The fourth-order valence-corrected chi connectivity index (χ4v) is 2.92. The maximum Gasteiger partial charge on any atom is 0.179 e. The summed E-state index contributed by atoms with van der Waals surface area (Å²) in [7, 11) is -3.41. The van der Waals surface area contributed by atoms with Crippen molar-refractivity contribution in [2.75, 3.05) is 16.9 Å². The zero-order valence-electron chi connectivity index (χ0n) is 13.6. The lowest BCUT2D eigenvalue weighted by molar-refractivity contribution is 0.602. The second-order valence-electron chi connectivity index (χ2n) is 5.33. The van der Waals surface area contributed by atoms with E-state index in [2.05, 4.69) is 30.6 Å². The normalized spacial score (nSPS) is 11.1. The number of hydrogen-bond acceptors (Lipinski definition) is 8. The Morgan fingerprint density at radius 1 is 0.920 bits per heavy atom. The molecule has 3 aromatic heterocycles. The maximum atomic E-state index is 11.9. The van der Waals surface area contributed by atoms with Gasteiger partial charge in [-0.3, -0.25) is 0 Å². The summed E-state index contributed by atoms with van der Waals surface area (Å²) >= 11 is 0. The number of aromatic nitrogens is 4. The van der Waals surface area contributed by atoms with Gasteiger partial charge in [0.2, 0.25) is 0 Å². The first kappa shape index (κ1) is 16.8. The average Bonchev–Trinajstić information content (AvgIpc) is 2.55. The number of rotatable bonds is 5. The van der Waals surface area contributed by atoms with Crippen LogP contribution in [-0.2, 0) is 9.84 Å². The third-order valence-corrected chi connectivity index (χ3v) is 4.36. The van der Waals surface area contributed by atoms with Crippen LogP contribution in [0.25, 0.3) is 0 Å². The van der Waals surface area contributed by atoms with Crippen LogP contribution < -0.4 is 10.6 Å². The summed E-state index contributed by atoms with van der Waals surface area (Å²) in [6.07, 6.45) is 4.00. The minimum absolute atomic E-state index is 0.100. The van der Waals surface area contributed by atoms with Crippen LogP contribution in [0.2, 0.25) is 0 Å². The van der Waals surface area contributed by atoms with Crippen LogP contribution in [0.5, 0.6) is 0 Å². The lowest BCUT2D eigenvalue weighted by Crippen LogP contribution is -2.06. The van der Waals surface area contributed by atoms with Crippen LogP contribution in [-0.4, -0.2) is 34.6 Å². The zero-order valence-corrected chi connectivity index (χ0v) is 14.4. The van der Waals surface area contributed by atoms with Crippen LogP contribution in [0.1, 0.15) is 5.69 Å². The molecule has 9 heteroatoms. The van der Waals surface area contributed by atoms with Gasteiger partial charge in [-0.15, -0.1) is 0 Å². The summed E-state index contributed by atoms with van der Waals surface area (Å²) in [5, 5.41) is 5.99. The predicted molar refractivity (Wildman–Crippen MR) is 94.9 cm³/mol. The van der Waals surface area contributed by atoms with Gasteiger partial charge in [0.1, 0.15) is 34.5 Å². The van der Waals surface area contributed by atoms with E-state index in [0.717, 1.165) is 11.9 Å². The molecule has 0 saturated carbocycles. The Balaban J connectivity index is 1.86. The van der Waals surface area contributed by atoms with Gasteiger partial charge >= 0.3 is 0 Å². The second-order valence-corrected chi connectivity index (χ2v) is 7.31. The molecule has 8 nitrogen and oxygen atoms in total. The van der Waals surface area contributed by atoms with Gasteiger partial charge in [-0.25, -0.2) is 28.4 Å². The summed E-state index contributed by atoms with van der Waals surface area (Å²) in [6, 6.07) is 10.3. The van der Waals surface area contributed by atoms with Gasteiger partial charge in [-0.1, -0.05) is 6.07 Å². The highest BCUT2D eigenvalue weighted by molar-refractivity contribution is 7.90. The molecular weight excluding hydrogens is 340 g/mol.